The average Bonchev–Trinajstić information content (AvgIpc) is 3.35. The number of aryl methyl sites for hydroxylation is 1. The molecule has 1 amide bonds. The van der Waals surface area contributed by atoms with Crippen LogP contribution in [0.3, 0.4) is 0 Å². The van der Waals surface area contributed by atoms with Crippen LogP contribution in [0.4, 0.5) is 10.7 Å². The SMILES string of the molecule is Cn1c(=O)c2c(nc(N3CC[C@H](NC(=O)O)C3)n2Cc2ccccc2C#N)n(C)c1=O. The normalized spacial score (nSPS) is 15.9. The maximum Gasteiger partial charge on any atom is 0.404 e. The second kappa shape index (κ2) is 7.64. The highest BCUT2D eigenvalue weighted by atomic mass is 16.4. The minimum atomic E-state index is -1.10. The first-order valence-electron chi connectivity index (χ1n) is 9.70. The van der Waals surface area contributed by atoms with Crippen LogP contribution in [-0.2, 0) is 20.6 Å². The maximum atomic E-state index is 13.0. The number of amides is 1. The molecule has 160 valence electrons. The predicted octanol–water partition coefficient (Wildman–Crippen LogP) is 0.200. The van der Waals surface area contributed by atoms with Crippen molar-refractivity contribution in [2.45, 2.75) is 19.0 Å². The first-order valence-corrected chi connectivity index (χ1v) is 9.70. The molecule has 1 aromatic carbocycles. The van der Waals surface area contributed by atoms with E-state index in [0.29, 0.717) is 36.6 Å². The number of carbonyl (C=O) groups is 1. The number of anilines is 1. The van der Waals surface area contributed by atoms with Gasteiger partial charge in [0, 0.05) is 27.2 Å². The molecule has 1 atom stereocenters. The molecule has 11 heteroatoms. The monoisotopic (exact) mass is 423 g/mol. The molecule has 1 aliphatic heterocycles. The van der Waals surface area contributed by atoms with Gasteiger partial charge < -0.3 is 15.3 Å². The fraction of sp³-hybridized carbons (Fsp3) is 0.350. The first kappa shape index (κ1) is 20.2. The van der Waals surface area contributed by atoms with Crippen LogP contribution in [-0.4, -0.2) is 49.0 Å². The minimum Gasteiger partial charge on any atom is -0.465 e. The van der Waals surface area contributed by atoms with Crippen molar-refractivity contribution in [1.82, 2.24) is 24.0 Å². The standard InChI is InChI=1S/C20H21N7O4/c1-24-16-15(17(28)25(2)20(24)31)27(10-13-6-4-3-5-12(13)9-21)18(23-16)26-8-7-14(11-26)22-19(29)30/h3-6,14,22H,7-8,10-11H2,1-2H3,(H,29,30)/t14-/m0/s1. The van der Waals surface area contributed by atoms with Crippen molar-refractivity contribution < 1.29 is 9.90 Å². The number of nitriles is 1. The van der Waals surface area contributed by atoms with Crippen molar-refractivity contribution >= 4 is 23.2 Å². The van der Waals surface area contributed by atoms with E-state index in [0.717, 1.165) is 4.57 Å². The number of aromatic nitrogens is 4. The summed E-state index contributed by atoms with van der Waals surface area (Å²) in [5.74, 6) is 0.454. The Morgan fingerprint density at radius 1 is 1.29 bits per heavy atom. The molecule has 0 spiro atoms. The van der Waals surface area contributed by atoms with Gasteiger partial charge in [-0.25, -0.2) is 9.59 Å². The van der Waals surface area contributed by atoms with Gasteiger partial charge in [-0.05, 0) is 18.1 Å². The zero-order valence-corrected chi connectivity index (χ0v) is 17.1. The van der Waals surface area contributed by atoms with Gasteiger partial charge in [-0.1, -0.05) is 18.2 Å². The van der Waals surface area contributed by atoms with Gasteiger partial charge in [-0.3, -0.25) is 18.5 Å². The molecule has 1 aliphatic rings. The Hall–Kier alpha value is -4.07. The molecular formula is C20H21N7O4. The predicted molar refractivity (Wildman–Crippen MR) is 112 cm³/mol. The number of fused-ring (bicyclic) bond motifs is 1. The van der Waals surface area contributed by atoms with Crippen LogP contribution in [0, 0.1) is 11.3 Å². The molecule has 3 aromatic rings. The molecule has 3 heterocycles. The van der Waals surface area contributed by atoms with E-state index in [1.54, 1.807) is 29.8 Å². The third-order valence-corrected chi connectivity index (χ3v) is 5.59. The molecule has 0 saturated carbocycles. The lowest BCUT2D eigenvalue weighted by Crippen LogP contribution is -2.37. The van der Waals surface area contributed by atoms with Crippen molar-refractivity contribution in [2.24, 2.45) is 14.1 Å². The van der Waals surface area contributed by atoms with E-state index >= 15 is 0 Å². The topological polar surface area (TPSA) is 138 Å². The summed E-state index contributed by atoms with van der Waals surface area (Å²) in [5, 5.41) is 21.0. The minimum absolute atomic E-state index is 0.205. The molecule has 0 bridgehead atoms. The number of imidazole rings is 1. The molecule has 0 unspecified atom stereocenters. The first-order chi connectivity index (χ1) is 14.8. The zero-order chi connectivity index (χ0) is 22.3. The van der Waals surface area contributed by atoms with Gasteiger partial charge in [-0.2, -0.15) is 10.2 Å². The van der Waals surface area contributed by atoms with Crippen LogP contribution >= 0.6 is 0 Å². The number of rotatable bonds is 4. The Labute approximate surface area is 176 Å². The van der Waals surface area contributed by atoms with Crippen LogP contribution < -0.4 is 21.5 Å². The molecule has 31 heavy (non-hydrogen) atoms. The van der Waals surface area contributed by atoms with Gasteiger partial charge in [-0.15, -0.1) is 0 Å². The molecule has 1 saturated heterocycles. The molecule has 0 aliphatic carbocycles. The number of hydrogen-bond acceptors (Lipinski definition) is 6. The summed E-state index contributed by atoms with van der Waals surface area (Å²) in [7, 11) is 2.96. The molecule has 4 rings (SSSR count). The lowest BCUT2D eigenvalue weighted by Gasteiger charge is -2.19. The zero-order valence-electron chi connectivity index (χ0n) is 17.1. The highest BCUT2D eigenvalue weighted by molar-refractivity contribution is 5.75. The molecule has 2 aromatic heterocycles. The van der Waals surface area contributed by atoms with Crippen LogP contribution in [0.1, 0.15) is 17.5 Å². The van der Waals surface area contributed by atoms with Gasteiger partial charge in [0.1, 0.15) is 0 Å². The summed E-state index contributed by atoms with van der Waals surface area (Å²) in [6.45, 7) is 1.11. The van der Waals surface area contributed by atoms with Gasteiger partial charge in [0.2, 0.25) is 5.95 Å². The van der Waals surface area contributed by atoms with Crippen LogP contribution in [0.5, 0.6) is 0 Å². The largest absolute Gasteiger partial charge is 0.465 e. The number of nitrogens with one attached hydrogen (secondary N) is 1. The van der Waals surface area contributed by atoms with Crippen LogP contribution in [0.2, 0.25) is 0 Å². The highest BCUT2D eigenvalue weighted by Crippen LogP contribution is 2.25. The Kier molecular flexibility index (Phi) is 4.98. The molecule has 0 radical (unpaired) electrons. The van der Waals surface area contributed by atoms with E-state index in [2.05, 4.69) is 16.4 Å². The molecular weight excluding hydrogens is 402 g/mol. The van der Waals surface area contributed by atoms with Crippen LogP contribution in [0.25, 0.3) is 11.2 Å². The smallest absolute Gasteiger partial charge is 0.404 e. The van der Waals surface area contributed by atoms with Crippen molar-refractivity contribution in [3.8, 4) is 6.07 Å². The van der Waals surface area contributed by atoms with Gasteiger partial charge in [0.05, 0.1) is 24.2 Å². The quantitative estimate of drug-likeness (QED) is 0.611. The van der Waals surface area contributed by atoms with E-state index in [1.165, 1.54) is 11.6 Å². The van der Waals surface area contributed by atoms with E-state index in [4.69, 9.17) is 5.11 Å². The second-order valence-electron chi connectivity index (χ2n) is 7.53. The average molecular weight is 423 g/mol. The second-order valence-corrected chi connectivity index (χ2v) is 7.53. The summed E-state index contributed by atoms with van der Waals surface area (Å²) in [6.07, 6.45) is -0.513. The lowest BCUT2D eigenvalue weighted by atomic mass is 10.1. The number of nitrogens with zero attached hydrogens (tertiary/aromatic N) is 6. The van der Waals surface area contributed by atoms with E-state index in [1.807, 2.05) is 11.0 Å². The summed E-state index contributed by atoms with van der Waals surface area (Å²) >= 11 is 0. The van der Waals surface area contributed by atoms with E-state index in [9.17, 15) is 19.6 Å². The Bertz CT molecular complexity index is 1340. The highest BCUT2D eigenvalue weighted by Gasteiger charge is 2.29. The number of carboxylic acid groups (broad SMARTS) is 1. The van der Waals surface area contributed by atoms with E-state index < -0.39 is 17.3 Å². The number of hydrogen-bond donors (Lipinski definition) is 2. The van der Waals surface area contributed by atoms with Gasteiger partial charge in [0.15, 0.2) is 11.2 Å². The van der Waals surface area contributed by atoms with Crippen LogP contribution in [0.15, 0.2) is 33.9 Å². The number of benzene rings is 1. The fourth-order valence-electron chi connectivity index (χ4n) is 4.00. The molecule has 11 nitrogen and oxygen atoms in total. The van der Waals surface area contributed by atoms with E-state index in [-0.39, 0.29) is 23.8 Å². The fourth-order valence-corrected chi connectivity index (χ4v) is 4.00. The lowest BCUT2D eigenvalue weighted by molar-refractivity contribution is 0.191. The summed E-state index contributed by atoms with van der Waals surface area (Å²) < 4.78 is 4.05. The Balaban J connectivity index is 1.90. The third kappa shape index (κ3) is 3.42. The molecule has 2 N–H and O–H groups in total. The molecule has 1 fully saturated rings. The van der Waals surface area contributed by atoms with Crippen molar-refractivity contribution in [3.05, 3.63) is 56.2 Å². The van der Waals surface area contributed by atoms with Crippen molar-refractivity contribution in [2.75, 3.05) is 18.0 Å². The maximum absolute atomic E-state index is 13.0. The van der Waals surface area contributed by atoms with Gasteiger partial charge >= 0.3 is 11.8 Å². The Morgan fingerprint density at radius 2 is 2.03 bits per heavy atom. The summed E-state index contributed by atoms with van der Waals surface area (Å²) in [4.78, 5) is 43.0. The third-order valence-electron chi connectivity index (χ3n) is 5.59. The Morgan fingerprint density at radius 3 is 2.74 bits per heavy atom. The summed E-state index contributed by atoms with van der Waals surface area (Å²) in [6, 6.07) is 8.96. The summed E-state index contributed by atoms with van der Waals surface area (Å²) in [5.41, 5.74) is 0.711. The van der Waals surface area contributed by atoms with Crippen molar-refractivity contribution in [3.63, 3.8) is 0 Å². The van der Waals surface area contributed by atoms with Crippen molar-refractivity contribution in [1.29, 1.82) is 5.26 Å². The van der Waals surface area contributed by atoms with Gasteiger partial charge in [0.25, 0.3) is 5.56 Å².